The summed E-state index contributed by atoms with van der Waals surface area (Å²) in [6.45, 7) is 9.74. The minimum atomic E-state index is -4.17. The van der Waals surface area contributed by atoms with Gasteiger partial charge in [0, 0.05) is 27.6 Å². The van der Waals surface area contributed by atoms with Crippen LogP contribution >= 0.6 is 0 Å². The van der Waals surface area contributed by atoms with Crippen molar-refractivity contribution in [2.45, 2.75) is 69.6 Å². The number of carbonyl (C=O) groups excluding carboxylic acids is 1. The quantitative estimate of drug-likeness (QED) is 0.261. The lowest BCUT2D eigenvalue weighted by atomic mass is 9.89. The summed E-state index contributed by atoms with van der Waals surface area (Å²) in [5.41, 5.74) is -0.678. The molecular formula is C29H40N6O6SSi. The molecule has 14 heteroatoms. The molecule has 2 atom stereocenters. The number of carbonyl (C=O) groups is 1. The highest BCUT2D eigenvalue weighted by atomic mass is 32.2. The molecule has 1 aliphatic heterocycles. The molecule has 3 heterocycles. The van der Waals surface area contributed by atoms with Crippen molar-refractivity contribution in [1.29, 1.82) is 5.26 Å². The van der Waals surface area contributed by atoms with E-state index in [1.165, 1.54) is 29.7 Å². The van der Waals surface area contributed by atoms with Gasteiger partial charge in [0.25, 0.3) is 0 Å². The second-order valence-corrected chi connectivity index (χ2v) is 20.0. The van der Waals surface area contributed by atoms with Crippen molar-refractivity contribution in [3.63, 3.8) is 0 Å². The number of furan rings is 1. The second-order valence-electron chi connectivity index (χ2n) is 12.1. The van der Waals surface area contributed by atoms with Gasteiger partial charge >= 0.3 is 0 Å². The molecule has 0 radical (unpaired) electrons. The summed E-state index contributed by atoms with van der Waals surface area (Å²) in [6, 6.07) is 11.5. The Bertz CT molecular complexity index is 1570. The lowest BCUT2D eigenvalue weighted by molar-refractivity contribution is -0.138. The topological polar surface area (TPSA) is 144 Å². The van der Waals surface area contributed by atoms with Crippen LogP contribution in [0, 0.1) is 11.3 Å². The minimum Gasteiger partial charge on any atom is -0.494 e. The van der Waals surface area contributed by atoms with E-state index in [2.05, 4.69) is 35.9 Å². The number of benzene rings is 1. The fourth-order valence-corrected chi connectivity index (χ4v) is 7.68. The van der Waals surface area contributed by atoms with E-state index in [9.17, 15) is 18.5 Å². The van der Waals surface area contributed by atoms with Gasteiger partial charge in [-0.25, -0.2) is 12.7 Å². The molecule has 12 nitrogen and oxygen atoms in total. The lowest BCUT2D eigenvalue weighted by Crippen LogP contribution is -2.56. The van der Waals surface area contributed by atoms with Gasteiger partial charge in [0.1, 0.15) is 22.7 Å². The number of para-hydroxylation sites is 1. The highest BCUT2D eigenvalue weighted by molar-refractivity contribution is 7.93. The first-order valence-electron chi connectivity index (χ1n) is 14.2. The summed E-state index contributed by atoms with van der Waals surface area (Å²) in [6.07, 6.45) is 2.84. The Hall–Kier alpha value is -3.83. The number of ether oxygens (including phenoxy) is 2. The summed E-state index contributed by atoms with van der Waals surface area (Å²) in [7, 11) is -2.91. The molecule has 1 aromatic carbocycles. The number of amides is 1. The van der Waals surface area contributed by atoms with Gasteiger partial charge in [-0.15, -0.1) is 10.2 Å². The van der Waals surface area contributed by atoms with Gasteiger partial charge in [0.15, 0.2) is 5.76 Å². The van der Waals surface area contributed by atoms with Crippen LogP contribution in [-0.4, -0.2) is 80.2 Å². The third kappa shape index (κ3) is 6.42. The summed E-state index contributed by atoms with van der Waals surface area (Å²) in [4.78, 5) is 14.4. The molecule has 43 heavy (non-hydrogen) atoms. The van der Waals surface area contributed by atoms with E-state index in [4.69, 9.17) is 13.9 Å². The number of anilines is 1. The molecular weight excluding hydrogens is 589 g/mol. The van der Waals surface area contributed by atoms with Crippen molar-refractivity contribution in [2.75, 3.05) is 31.6 Å². The number of rotatable bonds is 12. The number of methoxy groups -OCH3 is 2. The van der Waals surface area contributed by atoms with Gasteiger partial charge in [0.05, 0.1) is 31.8 Å². The average molecular weight is 629 g/mol. The van der Waals surface area contributed by atoms with E-state index >= 15 is 0 Å². The van der Waals surface area contributed by atoms with E-state index in [1.807, 2.05) is 0 Å². The molecule has 0 saturated carbocycles. The maximum absolute atomic E-state index is 14.6. The Kier molecular flexibility index (Phi) is 9.26. The van der Waals surface area contributed by atoms with E-state index in [1.54, 1.807) is 48.7 Å². The molecule has 1 unspecified atom stereocenters. The summed E-state index contributed by atoms with van der Waals surface area (Å²) < 4.78 is 49.1. The van der Waals surface area contributed by atoms with Gasteiger partial charge in [0.2, 0.25) is 27.7 Å². The summed E-state index contributed by atoms with van der Waals surface area (Å²) in [5, 5.41) is 17.7. The predicted molar refractivity (Wildman–Crippen MR) is 166 cm³/mol. The van der Waals surface area contributed by atoms with Gasteiger partial charge in [-0.05, 0) is 57.0 Å². The van der Waals surface area contributed by atoms with Gasteiger partial charge < -0.3 is 18.8 Å². The first-order valence-corrected chi connectivity index (χ1v) is 19.4. The van der Waals surface area contributed by atoms with Crippen molar-refractivity contribution in [2.24, 2.45) is 0 Å². The van der Waals surface area contributed by atoms with Crippen LogP contribution in [0.15, 0.2) is 41.0 Å². The Morgan fingerprint density at radius 2 is 1.84 bits per heavy atom. The van der Waals surface area contributed by atoms with Gasteiger partial charge in [-0.3, -0.25) is 9.36 Å². The SMILES string of the molecule is COc1cccc(OC)c1-n1c(-c2ccco2)nnc1N(CC[Si](C)(C)C)S(=O)(=O)C(C)CN1C(=O)CCC[C@@]1(C)C#N. The highest BCUT2D eigenvalue weighted by Crippen LogP contribution is 2.40. The molecule has 1 amide bonds. The van der Waals surface area contributed by atoms with Crippen LogP contribution in [0.2, 0.25) is 25.7 Å². The number of likely N-dealkylation sites (tertiary alicyclic amines) is 1. The summed E-state index contributed by atoms with van der Waals surface area (Å²) in [5.74, 6) is 1.25. The molecule has 0 bridgehead atoms. The maximum atomic E-state index is 14.6. The first-order chi connectivity index (χ1) is 20.3. The van der Waals surface area contributed by atoms with Crippen molar-refractivity contribution < 1.29 is 27.1 Å². The number of piperidine rings is 1. The molecule has 0 spiro atoms. The standard InChI is InChI=1S/C29H40N6O6SSi/c1-21(19-33-25(36)14-9-15-29(33,2)20-30)42(37,38)34(16-18-43(5,6)7)28-32-31-27(24-13-10-17-41-24)35(28)26-22(39-3)11-8-12-23(26)40-4/h8,10-13,17,21H,9,14-16,18-19H2,1-7H3/t21?,29-/m0/s1. The van der Waals surface area contributed by atoms with Crippen LogP contribution < -0.4 is 13.8 Å². The Morgan fingerprint density at radius 1 is 1.16 bits per heavy atom. The third-order valence-corrected chi connectivity index (χ3v) is 11.6. The highest BCUT2D eigenvalue weighted by Gasteiger charge is 2.43. The second kappa shape index (κ2) is 12.4. The van der Waals surface area contributed by atoms with Crippen LogP contribution in [0.5, 0.6) is 11.5 Å². The molecule has 2 aromatic heterocycles. The van der Waals surface area contributed by atoms with Crippen LogP contribution in [0.25, 0.3) is 17.3 Å². The molecule has 0 aliphatic carbocycles. The van der Waals surface area contributed by atoms with Crippen LogP contribution in [0.1, 0.15) is 33.1 Å². The van der Waals surface area contributed by atoms with Gasteiger partial charge in [-0.1, -0.05) is 25.7 Å². The maximum Gasteiger partial charge on any atom is 0.246 e. The number of hydrogen-bond acceptors (Lipinski definition) is 9. The largest absolute Gasteiger partial charge is 0.494 e. The van der Waals surface area contributed by atoms with Crippen LogP contribution in [0.3, 0.4) is 0 Å². The molecule has 1 fully saturated rings. The van der Waals surface area contributed by atoms with Crippen molar-refractivity contribution in [3.05, 3.63) is 36.6 Å². The number of hydrogen-bond donors (Lipinski definition) is 0. The van der Waals surface area contributed by atoms with E-state index in [-0.39, 0.29) is 37.2 Å². The number of nitriles is 1. The molecule has 4 rings (SSSR count). The fraction of sp³-hybridized carbons (Fsp3) is 0.517. The normalized spacial score (nSPS) is 18.3. The zero-order valence-corrected chi connectivity index (χ0v) is 27.6. The van der Waals surface area contributed by atoms with Gasteiger partial charge in [-0.2, -0.15) is 5.26 Å². The third-order valence-electron chi connectivity index (χ3n) is 7.75. The summed E-state index contributed by atoms with van der Waals surface area (Å²) >= 11 is 0. The zero-order chi connectivity index (χ0) is 31.6. The minimum absolute atomic E-state index is 0.0346. The Balaban J connectivity index is 1.91. The number of nitrogens with zero attached hydrogens (tertiary/aromatic N) is 6. The molecule has 3 aromatic rings. The van der Waals surface area contributed by atoms with E-state index in [0.29, 0.717) is 41.8 Å². The molecule has 1 saturated heterocycles. The number of aromatic nitrogens is 3. The van der Waals surface area contributed by atoms with Crippen molar-refractivity contribution in [1.82, 2.24) is 19.7 Å². The van der Waals surface area contributed by atoms with Crippen LogP contribution in [0.4, 0.5) is 5.95 Å². The van der Waals surface area contributed by atoms with E-state index < -0.39 is 28.9 Å². The smallest absolute Gasteiger partial charge is 0.246 e. The monoisotopic (exact) mass is 628 g/mol. The van der Waals surface area contributed by atoms with Crippen molar-refractivity contribution in [3.8, 4) is 34.8 Å². The predicted octanol–water partition coefficient (Wildman–Crippen LogP) is 4.70. The van der Waals surface area contributed by atoms with Crippen LogP contribution in [-0.2, 0) is 14.8 Å². The van der Waals surface area contributed by atoms with E-state index in [0.717, 1.165) is 0 Å². The lowest BCUT2D eigenvalue weighted by Gasteiger charge is -2.41. The molecule has 0 N–H and O–H groups in total. The molecule has 1 aliphatic rings. The Labute approximate surface area is 254 Å². The fourth-order valence-electron chi connectivity index (χ4n) is 5.16. The zero-order valence-electron chi connectivity index (χ0n) is 25.8. The average Bonchev–Trinajstić information content (AvgIpc) is 3.64. The van der Waals surface area contributed by atoms with Crippen molar-refractivity contribution >= 4 is 30.0 Å². The molecule has 232 valence electrons. The Morgan fingerprint density at radius 3 is 2.40 bits per heavy atom. The number of sulfonamides is 1. The first kappa shape index (κ1) is 32.1.